The molecule has 0 aliphatic rings. The van der Waals surface area contributed by atoms with Crippen LogP contribution < -0.4 is 5.32 Å². The molecule has 1 unspecified atom stereocenters. The van der Waals surface area contributed by atoms with Crippen LogP contribution in [-0.2, 0) is 4.79 Å². The molecular formula is C13H12BrN5O5. The maximum absolute atomic E-state index is 12.2. The molecule has 10 nitrogen and oxygen atoms in total. The van der Waals surface area contributed by atoms with E-state index in [1.807, 2.05) is 0 Å². The third-order valence-electron chi connectivity index (χ3n) is 3.36. The summed E-state index contributed by atoms with van der Waals surface area (Å²) in [5, 5.41) is 28.5. The molecule has 0 aliphatic carbocycles. The van der Waals surface area contributed by atoms with Crippen molar-refractivity contribution in [1.29, 1.82) is 0 Å². The molecule has 0 aliphatic heterocycles. The number of nitrogens with one attached hydrogen (secondary N) is 1. The van der Waals surface area contributed by atoms with Gasteiger partial charge >= 0.3 is 0 Å². The van der Waals surface area contributed by atoms with Crippen LogP contribution in [0.25, 0.3) is 0 Å². The minimum Gasteiger partial charge on any atom is -0.324 e. The Morgan fingerprint density at radius 2 is 1.83 bits per heavy atom. The van der Waals surface area contributed by atoms with Crippen LogP contribution in [0.2, 0.25) is 0 Å². The van der Waals surface area contributed by atoms with Gasteiger partial charge in [0.1, 0.15) is 11.6 Å². The average molecular weight is 398 g/mol. The molecule has 0 radical (unpaired) electrons. The minimum absolute atomic E-state index is 0.0259. The van der Waals surface area contributed by atoms with Crippen molar-refractivity contribution in [2.75, 3.05) is 5.32 Å². The Morgan fingerprint density at radius 1 is 1.29 bits per heavy atom. The van der Waals surface area contributed by atoms with Crippen molar-refractivity contribution in [1.82, 2.24) is 9.78 Å². The molecule has 0 fully saturated rings. The molecule has 1 aromatic heterocycles. The summed E-state index contributed by atoms with van der Waals surface area (Å²) in [6, 6.07) is 1.47. The first-order valence-corrected chi connectivity index (χ1v) is 7.44. The second kappa shape index (κ2) is 6.74. The van der Waals surface area contributed by atoms with E-state index in [1.54, 1.807) is 13.1 Å². The molecule has 0 saturated carbocycles. The Balaban J connectivity index is 2.33. The predicted octanol–water partition coefficient (Wildman–Crippen LogP) is 2.97. The lowest BCUT2D eigenvalue weighted by atomic mass is 10.1. The van der Waals surface area contributed by atoms with Gasteiger partial charge in [0.15, 0.2) is 0 Å². The normalized spacial score (nSPS) is 11.8. The SMILES string of the molecule is Cc1c([N+](=O)[O-])cc(NC(=O)C(C)n2cc(Br)cn2)cc1[N+](=O)[O-]. The number of nitro groups is 2. The standard InChI is InChI=1S/C13H12BrN5O5/c1-7-11(18(21)22)3-10(4-12(7)19(23)24)16-13(20)8(2)17-6-9(14)5-15-17/h3-6,8H,1-2H3,(H,16,20). The van der Waals surface area contributed by atoms with Gasteiger partial charge in [-0.1, -0.05) is 0 Å². The molecule has 0 saturated heterocycles. The van der Waals surface area contributed by atoms with E-state index < -0.39 is 33.2 Å². The van der Waals surface area contributed by atoms with Crippen LogP contribution >= 0.6 is 15.9 Å². The lowest BCUT2D eigenvalue weighted by Crippen LogP contribution is -2.24. The van der Waals surface area contributed by atoms with Crippen molar-refractivity contribution in [3.63, 3.8) is 0 Å². The zero-order chi connectivity index (χ0) is 18.0. The van der Waals surface area contributed by atoms with Gasteiger partial charge in [-0.25, -0.2) is 0 Å². The maximum atomic E-state index is 12.2. The summed E-state index contributed by atoms with van der Waals surface area (Å²) < 4.78 is 2.07. The summed E-state index contributed by atoms with van der Waals surface area (Å²) in [5.74, 6) is -0.516. The molecule has 1 heterocycles. The van der Waals surface area contributed by atoms with E-state index >= 15 is 0 Å². The van der Waals surface area contributed by atoms with Crippen molar-refractivity contribution in [2.45, 2.75) is 19.9 Å². The minimum atomic E-state index is -0.730. The van der Waals surface area contributed by atoms with Gasteiger partial charge in [0.05, 0.1) is 26.2 Å². The number of carbonyl (C=O) groups excluding carboxylic acids is 1. The monoisotopic (exact) mass is 397 g/mol. The highest BCUT2D eigenvalue weighted by molar-refractivity contribution is 9.10. The summed E-state index contributed by atoms with van der Waals surface area (Å²) in [6.45, 7) is 2.86. The van der Waals surface area contributed by atoms with Crippen molar-refractivity contribution >= 4 is 38.9 Å². The van der Waals surface area contributed by atoms with Crippen LogP contribution in [0.3, 0.4) is 0 Å². The predicted molar refractivity (Wildman–Crippen MR) is 87.8 cm³/mol. The molecule has 1 amide bonds. The number of carbonyl (C=O) groups is 1. The topological polar surface area (TPSA) is 133 Å². The van der Waals surface area contributed by atoms with Gasteiger partial charge in [-0.3, -0.25) is 29.7 Å². The number of halogens is 1. The van der Waals surface area contributed by atoms with E-state index in [-0.39, 0.29) is 11.3 Å². The molecule has 11 heteroatoms. The van der Waals surface area contributed by atoms with Gasteiger partial charge in [0.2, 0.25) is 5.91 Å². The van der Waals surface area contributed by atoms with E-state index in [1.165, 1.54) is 17.8 Å². The van der Waals surface area contributed by atoms with E-state index in [4.69, 9.17) is 0 Å². The van der Waals surface area contributed by atoms with Crippen LogP contribution in [0.5, 0.6) is 0 Å². The van der Waals surface area contributed by atoms with E-state index in [0.717, 1.165) is 12.1 Å². The van der Waals surface area contributed by atoms with Crippen LogP contribution in [0.4, 0.5) is 17.1 Å². The molecule has 0 bridgehead atoms. The Hall–Kier alpha value is -2.82. The first kappa shape index (κ1) is 17.5. The number of benzene rings is 1. The van der Waals surface area contributed by atoms with Crippen LogP contribution in [0, 0.1) is 27.2 Å². The lowest BCUT2D eigenvalue weighted by molar-refractivity contribution is -0.395. The Labute approximate surface area is 143 Å². The van der Waals surface area contributed by atoms with Crippen molar-refractivity contribution in [3.8, 4) is 0 Å². The summed E-state index contributed by atoms with van der Waals surface area (Å²) in [4.78, 5) is 32.9. The first-order valence-electron chi connectivity index (χ1n) is 6.64. The Morgan fingerprint density at radius 3 is 2.25 bits per heavy atom. The third-order valence-corrected chi connectivity index (χ3v) is 3.77. The molecule has 1 aromatic carbocycles. The smallest absolute Gasteiger partial charge is 0.281 e. The first-order chi connectivity index (χ1) is 11.2. The summed E-state index contributed by atoms with van der Waals surface area (Å²) in [7, 11) is 0. The number of nitro benzene ring substituents is 2. The largest absolute Gasteiger partial charge is 0.324 e. The van der Waals surface area contributed by atoms with Gasteiger partial charge in [-0.05, 0) is 29.8 Å². The van der Waals surface area contributed by atoms with E-state index in [0.29, 0.717) is 4.47 Å². The van der Waals surface area contributed by atoms with Gasteiger partial charge in [0, 0.05) is 18.3 Å². The summed E-state index contributed by atoms with van der Waals surface area (Å²) in [5.41, 5.74) is -0.975. The quantitative estimate of drug-likeness (QED) is 0.608. The van der Waals surface area contributed by atoms with Crippen LogP contribution in [-0.4, -0.2) is 25.5 Å². The van der Waals surface area contributed by atoms with Gasteiger partial charge in [0.25, 0.3) is 11.4 Å². The van der Waals surface area contributed by atoms with Crippen molar-refractivity contribution < 1.29 is 14.6 Å². The second-order valence-electron chi connectivity index (χ2n) is 4.96. The summed E-state index contributed by atoms with van der Waals surface area (Å²) >= 11 is 3.21. The fraction of sp³-hybridized carbons (Fsp3) is 0.231. The highest BCUT2D eigenvalue weighted by atomic mass is 79.9. The van der Waals surface area contributed by atoms with Crippen molar-refractivity contribution in [3.05, 3.63) is 54.8 Å². The number of amides is 1. The molecule has 126 valence electrons. The fourth-order valence-corrected chi connectivity index (χ4v) is 2.33. The average Bonchev–Trinajstić information content (AvgIpc) is 2.93. The number of anilines is 1. The molecule has 2 aromatic rings. The molecule has 24 heavy (non-hydrogen) atoms. The maximum Gasteiger partial charge on any atom is 0.281 e. The number of hydrogen-bond donors (Lipinski definition) is 1. The second-order valence-corrected chi connectivity index (χ2v) is 5.87. The Bertz CT molecular complexity index is 799. The summed E-state index contributed by atoms with van der Waals surface area (Å²) in [6.07, 6.45) is 3.09. The van der Waals surface area contributed by atoms with Gasteiger partial charge in [-0.15, -0.1) is 0 Å². The Kier molecular flexibility index (Phi) is 4.93. The lowest BCUT2D eigenvalue weighted by Gasteiger charge is -2.13. The number of nitrogens with zero attached hydrogens (tertiary/aromatic N) is 4. The highest BCUT2D eigenvalue weighted by Crippen LogP contribution is 2.32. The molecular weight excluding hydrogens is 386 g/mol. The third kappa shape index (κ3) is 3.56. The highest BCUT2D eigenvalue weighted by Gasteiger charge is 2.25. The van der Waals surface area contributed by atoms with E-state index in [2.05, 4.69) is 26.3 Å². The molecule has 1 atom stereocenters. The fourth-order valence-electron chi connectivity index (χ4n) is 2.03. The van der Waals surface area contributed by atoms with Gasteiger partial charge < -0.3 is 5.32 Å². The number of rotatable bonds is 5. The van der Waals surface area contributed by atoms with Crippen LogP contribution in [0.15, 0.2) is 29.0 Å². The van der Waals surface area contributed by atoms with Crippen LogP contribution in [0.1, 0.15) is 18.5 Å². The molecule has 0 spiro atoms. The van der Waals surface area contributed by atoms with Crippen molar-refractivity contribution in [2.24, 2.45) is 0 Å². The molecule has 1 N–H and O–H groups in total. The number of hydrogen-bond acceptors (Lipinski definition) is 6. The van der Waals surface area contributed by atoms with E-state index in [9.17, 15) is 25.0 Å². The van der Waals surface area contributed by atoms with Gasteiger partial charge in [-0.2, -0.15) is 5.10 Å². The number of aromatic nitrogens is 2. The zero-order valence-electron chi connectivity index (χ0n) is 12.6. The zero-order valence-corrected chi connectivity index (χ0v) is 14.2. The molecule has 2 rings (SSSR count).